The second-order valence-corrected chi connectivity index (χ2v) is 9.52. The van der Waals surface area contributed by atoms with Crippen molar-refractivity contribution in [2.45, 2.75) is 31.7 Å². The van der Waals surface area contributed by atoms with Crippen LogP contribution >= 0.6 is 0 Å². The Kier molecular flexibility index (Phi) is 7.61. The standard InChI is InChI=1S/C30H32N4O3/c1-37-27(35)19-31-24-14-15-25-26(18-24)33-30(36)28(25)29(22-8-4-2-5-9-22)32-23-12-10-21(11-13-23)20-34-16-6-3-7-17-34/h2,4-5,8-15,18,28,31H,3,6-7,16-17,19-20H2,1H3,(H,33,36). The summed E-state index contributed by atoms with van der Waals surface area (Å²) in [6.07, 6.45) is 3.88. The molecule has 0 radical (unpaired) electrons. The lowest BCUT2D eigenvalue weighted by atomic mass is 9.90. The number of ether oxygens (including phenoxy) is 1. The zero-order valence-electron chi connectivity index (χ0n) is 21.1. The lowest BCUT2D eigenvalue weighted by Gasteiger charge is -2.26. The Bertz CT molecular complexity index is 1280. The van der Waals surface area contributed by atoms with Gasteiger partial charge < -0.3 is 15.4 Å². The van der Waals surface area contributed by atoms with Gasteiger partial charge in [0.05, 0.1) is 18.5 Å². The molecule has 2 heterocycles. The number of carbonyl (C=O) groups is 2. The second-order valence-electron chi connectivity index (χ2n) is 9.52. The predicted octanol–water partition coefficient (Wildman–Crippen LogP) is 5.11. The van der Waals surface area contributed by atoms with E-state index in [-0.39, 0.29) is 18.4 Å². The van der Waals surface area contributed by atoms with Crippen LogP contribution in [0.3, 0.4) is 0 Å². The van der Waals surface area contributed by atoms with E-state index in [1.165, 1.54) is 31.9 Å². The van der Waals surface area contributed by atoms with Crippen LogP contribution in [0.4, 0.5) is 17.1 Å². The maximum atomic E-state index is 13.2. The summed E-state index contributed by atoms with van der Waals surface area (Å²) in [4.78, 5) is 32.2. The molecule has 7 nitrogen and oxygen atoms in total. The Morgan fingerprint density at radius 2 is 1.78 bits per heavy atom. The number of carbonyl (C=O) groups excluding carboxylic acids is 2. The third-order valence-electron chi connectivity index (χ3n) is 6.93. The summed E-state index contributed by atoms with van der Waals surface area (Å²) in [7, 11) is 1.35. The van der Waals surface area contributed by atoms with Crippen LogP contribution < -0.4 is 10.6 Å². The summed E-state index contributed by atoms with van der Waals surface area (Å²) in [6, 6.07) is 23.8. The van der Waals surface area contributed by atoms with Crippen LogP contribution in [0.25, 0.3) is 0 Å². The quantitative estimate of drug-likeness (QED) is 0.334. The van der Waals surface area contributed by atoms with Crippen molar-refractivity contribution < 1.29 is 14.3 Å². The third-order valence-corrected chi connectivity index (χ3v) is 6.93. The van der Waals surface area contributed by atoms with Gasteiger partial charge in [-0.1, -0.05) is 55.0 Å². The number of rotatable bonds is 8. The number of methoxy groups -OCH3 is 1. The molecule has 190 valence electrons. The highest BCUT2D eigenvalue weighted by molar-refractivity contribution is 6.24. The van der Waals surface area contributed by atoms with E-state index in [0.717, 1.165) is 42.1 Å². The molecule has 7 heteroatoms. The van der Waals surface area contributed by atoms with Crippen molar-refractivity contribution in [3.05, 3.63) is 89.5 Å². The number of nitrogens with zero attached hydrogens (tertiary/aromatic N) is 2. The molecule has 1 atom stereocenters. The van der Waals surface area contributed by atoms with Crippen LogP contribution in [0.1, 0.15) is 41.9 Å². The molecule has 2 aliphatic rings. The van der Waals surface area contributed by atoms with Gasteiger partial charge in [0.25, 0.3) is 0 Å². The lowest BCUT2D eigenvalue weighted by molar-refractivity contribution is -0.138. The van der Waals surface area contributed by atoms with Crippen LogP contribution in [0.15, 0.2) is 77.8 Å². The molecular formula is C30H32N4O3. The topological polar surface area (TPSA) is 83.0 Å². The van der Waals surface area contributed by atoms with Crippen LogP contribution in [0.2, 0.25) is 0 Å². The molecule has 1 amide bonds. The van der Waals surface area contributed by atoms with Crippen molar-refractivity contribution >= 4 is 34.7 Å². The van der Waals surface area contributed by atoms with E-state index < -0.39 is 5.92 Å². The summed E-state index contributed by atoms with van der Waals surface area (Å²) in [6.45, 7) is 3.33. The monoisotopic (exact) mass is 496 g/mol. The molecule has 3 aromatic rings. The second kappa shape index (κ2) is 11.4. The largest absolute Gasteiger partial charge is 0.468 e. The number of aliphatic imine (C=N–C) groups is 1. The fourth-order valence-corrected chi connectivity index (χ4v) is 4.99. The molecule has 2 N–H and O–H groups in total. The minimum absolute atomic E-state index is 0.0527. The number of benzene rings is 3. The number of piperidine rings is 1. The fraction of sp³-hybridized carbons (Fsp3) is 0.300. The molecule has 0 aromatic heterocycles. The molecule has 5 rings (SSSR count). The van der Waals surface area contributed by atoms with Crippen molar-refractivity contribution in [3.63, 3.8) is 0 Å². The Morgan fingerprint density at radius 1 is 1.03 bits per heavy atom. The molecule has 0 bridgehead atoms. The molecule has 0 saturated carbocycles. The first-order valence-electron chi connectivity index (χ1n) is 12.8. The van der Waals surface area contributed by atoms with Crippen molar-refractivity contribution in [3.8, 4) is 0 Å². The summed E-state index contributed by atoms with van der Waals surface area (Å²) in [5.41, 5.74) is 6.00. The Balaban J connectivity index is 1.42. The van der Waals surface area contributed by atoms with Gasteiger partial charge in [0.1, 0.15) is 12.5 Å². The molecule has 0 spiro atoms. The van der Waals surface area contributed by atoms with Crippen molar-refractivity contribution in [1.82, 2.24) is 4.90 Å². The van der Waals surface area contributed by atoms with Gasteiger partial charge in [0.2, 0.25) is 5.91 Å². The van der Waals surface area contributed by atoms with Crippen LogP contribution in [0, 0.1) is 0 Å². The number of hydrogen-bond donors (Lipinski definition) is 2. The molecule has 3 aromatic carbocycles. The summed E-state index contributed by atoms with van der Waals surface area (Å²) < 4.78 is 4.69. The smallest absolute Gasteiger partial charge is 0.325 e. The molecule has 37 heavy (non-hydrogen) atoms. The Labute approximate surface area is 217 Å². The van der Waals surface area contributed by atoms with Crippen LogP contribution in [-0.2, 0) is 20.9 Å². The molecular weight excluding hydrogens is 464 g/mol. The van der Waals surface area contributed by atoms with E-state index in [1.54, 1.807) is 0 Å². The average molecular weight is 497 g/mol. The zero-order valence-corrected chi connectivity index (χ0v) is 21.1. The van der Waals surface area contributed by atoms with E-state index >= 15 is 0 Å². The van der Waals surface area contributed by atoms with Crippen molar-refractivity contribution in [2.75, 3.05) is 37.4 Å². The maximum Gasteiger partial charge on any atom is 0.325 e. The van der Waals surface area contributed by atoms with E-state index in [4.69, 9.17) is 9.73 Å². The van der Waals surface area contributed by atoms with Gasteiger partial charge in [-0.3, -0.25) is 19.5 Å². The van der Waals surface area contributed by atoms with Crippen molar-refractivity contribution in [2.24, 2.45) is 4.99 Å². The number of hydrogen-bond acceptors (Lipinski definition) is 6. The first-order valence-corrected chi connectivity index (χ1v) is 12.8. The van der Waals surface area contributed by atoms with Gasteiger partial charge in [0, 0.05) is 17.9 Å². The molecule has 2 aliphatic heterocycles. The maximum absolute atomic E-state index is 13.2. The van der Waals surface area contributed by atoms with Gasteiger partial charge in [-0.2, -0.15) is 0 Å². The normalized spacial score (nSPS) is 17.7. The van der Waals surface area contributed by atoms with Crippen molar-refractivity contribution in [1.29, 1.82) is 0 Å². The molecule has 1 fully saturated rings. The summed E-state index contributed by atoms with van der Waals surface area (Å²) in [5, 5.41) is 6.03. The predicted molar refractivity (Wildman–Crippen MR) is 147 cm³/mol. The minimum Gasteiger partial charge on any atom is -0.468 e. The van der Waals surface area contributed by atoms with Gasteiger partial charge in [0.15, 0.2) is 0 Å². The first-order chi connectivity index (χ1) is 18.1. The van der Waals surface area contributed by atoms with Crippen LogP contribution in [0.5, 0.6) is 0 Å². The molecule has 1 saturated heterocycles. The highest BCUT2D eigenvalue weighted by Gasteiger charge is 2.35. The Hall–Kier alpha value is -3.97. The number of amides is 1. The van der Waals surface area contributed by atoms with Gasteiger partial charge in [-0.05, 0) is 66.9 Å². The summed E-state index contributed by atoms with van der Waals surface area (Å²) in [5.74, 6) is -1.02. The average Bonchev–Trinajstić information content (AvgIpc) is 3.27. The number of anilines is 2. The number of fused-ring (bicyclic) bond motifs is 1. The van der Waals surface area contributed by atoms with E-state index in [2.05, 4.69) is 27.7 Å². The third kappa shape index (κ3) is 5.89. The zero-order chi connectivity index (χ0) is 25.6. The highest BCUT2D eigenvalue weighted by atomic mass is 16.5. The number of esters is 1. The minimum atomic E-state index is -0.542. The SMILES string of the molecule is COC(=O)CNc1ccc2c(c1)NC(=O)C2C(=Nc1ccc(CN2CCCCC2)cc1)c1ccccc1. The number of nitrogens with one attached hydrogen (secondary N) is 2. The molecule has 1 unspecified atom stereocenters. The summed E-state index contributed by atoms with van der Waals surface area (Å²) >= 11 is 0. The highest BCUT2D eigenvalue weighted by Crippen LogP contribution is 2.38. The van der Waals surface area contributed by atoms with Crippen LogP contribution in [-0.4, -0.2) is 49.2 Å². The number of likely N-dealkylation sites (tertiary alicyclic amines) is 1. The van der Waals surface area contributed by atoms with E-state index in [1.807, 2.05) is 60.7 Å². The van der Waals surface area contributed by atoms with Gasteiger partial charge in [-0.25, -0.2) is 0 Å². The van der Waals surface area contributed by atoms with Gasteiger partial charge >= 0.3 is 5.97 Å². The first kappa shape index (κ1) is 24.7. The Morgan fingerprint density at radius 3 is 2.51 bits per heavy atom. The fourth-order valence-electron chi connectivity index (χ4n) is 4.99. The molecule has 0 aliphatic carbocycles. The lowest BCUT2D eigenvalue weighted by Crippen LogP contribution is -2.28. The van der Waals surface area contributed by atoms with E-state index in [9.17, 15) is 9.59 Å². The van der Waals surface area contributed by atoms with Gasteiger partial charge in [-0.15, -0.1) is 0 Å². The van der Waals surface area contributed by atoms with E-state index in [0.29, 0.717) is 11.4 Å².